The SMILES string of the molecule is COc1ccc(-c2csc(NC(=O)NCc3cccc(O)c3)n2)cc1. The van der Waals surface area contributed by atoms with E-state index in [2.05, 4.69) is 15.6 Å². The lowest BCUT2D eigenvalue weighted by atomic mass is 10.2. The van der Waals surface area contributed by atoms with E-state index >= 15 is 0 Å². The first-order chi connectivity index (χ1) is 12.1. The van der Waals surface area contributed by atoms with E-state index in [1.165, 1.54) is 11.3 Å². The summed E-state index contributed by atoms with van der Waals surface area (Å²) < 4.78 is 5.13. The zero-order valence-corrected chi connectivity index (χ0v) is 14.3. The number of hydrogen-bond donors (Lipinski definition) is 3. The fourth-order valence-corrected chi connectivity index (χ4v) is 2.93. The molecular weight excluding hydrogens is 338 g/mol. The normalized spacial score (nSPS) is 10.3. The third-order valence-corrected chi connectivity index (χ3v) is 4.23. The number of carbonyl (C=O) groups excluding carboxylic acids is 1. The zero-order valence-electron chi connectivity index (χ0n) is 13.5. The van der Waals surface area contributed by atoms with E-state index in [0.717, 1.165) is 22.6 Å². The summed E-state index contributed by atoms with van der Waals surface area (Å²) in [6.45, 7) is 0.316. The molecule has 7 heteroatoms. The van der Waals surface area contributed by atoms with Crippen LogP contribution in [-0.2, 0) is 6.54 Å². The minimum Gasteiger partial charge on any atom is -0.508 e. The number of aromatic hydroxyl groups is 1. The van der Waals surface area contributed by atoms with Crippen LogP contribution < -0.4 is 15.4 Å². The Morgan fingerprint density at radius 2 is 2.04 bits per heavy atom. The average Bonchev–Trinajstić information content (AvgIpc) is 3.08. The third kappa shape index (κ3) is 4.48. The molecule has 1 heterocycles. The van der Waals surface area contributed by atoms with Gasteiger partial charge in [-0.1, -0.05) is 12.1 Å². The number of anilines is 1. The van der Waals surface area contributed by atoms with Gasteiger partial charge in [-0.25, -0.2) is 9.78 Å². The van der Waals surface area contributed by atoms with Crippen LogP contribution in [-0.4, -0.2) is 23.2 Å². The molecule has 0 unspecified atom stereocenters. The minimum absolute atomic E-state index is 0.170. The second kappa shape index (κ2) is 7.67. The third-order valence-electron chi connectivity index (χ3n) is 3.47. The van der Waals surface area contributed by atoms with Crippen molar-refractivity contribution in [3.05, 3.63) is 59.5 Å². The Labute approximate surface area is 149 Å². The summed E-state index contributed by atoms with van der Waals surface area (Å²) in [6, 6.07) is 14.0. The molecule has 25 heavy (non-hydrogen) atoms. The highest BCUT2D eigenvalue weighted by atomic mass is 32.1. The van der Waals surface area contributed by atoms with E-state index in [-0.39, 0.29) is 11.8 Å². The Balaban J connectivity index is 1.57. The number of phenolic OH excluding ortho intramolecular Hbond substituents is 1. The number of urea groups is 1. The first kappa shape index (κ1) is 16.8. The minimum atomic E-state index is -0.348. The molecule has 2 aromatic carbocycles. The van der Waals surface area contributed by atoms with Gasteiger partial charge in [0.15, 0.2) is 5.13 Å². The van der Waals surface area contributed by atoms with Crippen molar-refractivity contribution in [2.45, 2.75) is 6.54 Å². The molecule has 3 rings (SSSR count). The molecule has 0 aliphatic rings. The van der Waals surface area contributed by atoms with E-state index in [1.54, 1.807) is 25.3 Å². The topological polar surface area (TPSA) is 83.5 Å². The van der Waals surface area contributed by atoms with Crippen molar-refractivity contribution < 1.29 is 14.6 Å². The number of thiazole rings is 1. The van der Waals surface area contributed by atoms with Crippen molar-refractivity contribution in [1.29, 1.82) is 0 Å². The molecule has 1 aromatic heterocycles. The van der Waals surface area contributed by atoms with Crippen molar-refractivity contribution in [3.8, 4) is 22.8 Å². The fraction of sp³-hybridized carbons (Fsp3) is 0.111. The van der Waals surface area contributed by atoms with Crippen molar-refractivity contribution in [2.24, 2.45) is 0 Å². The molecule has 3 N–H and O–H groups in total. The molecule has 2 amide bonds. The molecular formula is C18H17N3O3S. The molecule has 0 saturated carbocycles. The molecule has 0 spiro atoms. The Morgan fingerprint density at radius 1 is 1.24 bits per heavy atom. The summed E-state index contributed by atoms with van der Waals surface area (Å²) in [5.41, 5.74) is 2.55. The molecule has 0 radical (unpaired) electrons. The lowest BCUT2D eigenvalue weighted by molar-refractivity contribution is 0.251. The van der Waals surface area contributed by atoms with Gasteiger partial charge >= 0.3 is 6.03 Å². The van der Waals surface area contributed by atoms with Gasteiger partial charge in [-0.15, -0.1) is 11.3 Å². The maximum absolute atomic E-state index is 12.0. The number of nitrogens with zero attached hydrogens (tertiary/aromatic N) is 1. The van der Waals surface area contributed by atoms with Crippen LogP contribution in [0.3, 0.4) is 0 Å². The van der Waals surface area contributed by atoms with Crippen LogP contribution in [0.25, 0.3) is 11.3 Å². The van der Waals surface area contributed by atoms with Gasteiger partial charge in [0.25, 0.3) is 0 Å². The van der Waals surface area contributed by atoms with Gasteiger partial charge in [0.05, 0.1) is 12.8 Å². The molecule has 6 nitrogen and oxygen atoms in total. The summed E-state index contributed by atoms with van der Waals surface area (Å²) >= 11 is 1.35. The highest BCUT2D eigenvalue weighted by Gasteiger charge is 2.08. The Kier molecular flexibility index (Phi) is 5.15. The highest BCUT2D eigenvalue weighted by molar-refractivity contribution is 7.14. The van der Waals surface area contributed by atoms with E-state index in [1.807, 2.05) is 35.7 Å². The fourth-order valence-electron chi connectivity index (χ4n) is 2.22. The smallest absolute Gasteiger partial charge is 0.321 e. The predicted molar refractivity (Wildman–Crippen MR) is 98.1 cm³/mol. The maximum atomic E-state index is 12.0. The highest BCUT2D eigenvalue weighted by Crippen LogP contribution is 2.26. The maximum Gasteiger partial charge on any atom is 0.321 e. The van der Waals surface area contributed by atoms with Crippen LogP contribution in [0, 0.1) is 0 Å². The largest absolute Gasteiger partial charge is 0.508 e. The Morgan fingerprint density at radius 3 is 2.76 bits per heavy atom. The summed E-state index contributed by atoms with van der Waals surface area (Å²) in [6.07, 6.45) is 0. The molecule has 0 aliphatic carbocycles. The number of amides is 2. The average molecular weight is 355 g/mol. The monoisotopic (exact) mass is 355 g/mol. The van der Waals surface area contributed by atoms with Crippen LogP contribution in [0.2, 0.25) is 0 Å². The van der Waals surface area contributed by atoms with Crippen LogP contribution in [0.15, 0.2) is 53.9 Å². The van der Waals surface area contributed by atoms with Gasteiger partial charge < -0.3 is 15.2 Å². The zero-order chi connectivity index (χ0) is 17.6. The number of hydrogen-bond acceptors (Lipinski definition) is 5. The van der Waals surface area contributed by atoms with Crippen molar-refractivity contribution in [3.63, 3.8) is 0 Å². The van der Waals surface area contributed by atoms with Crippen LogP contribution in [0.4, 0.5) is 9.93 Å². The number of benzene rings is 2. The van der Waals surface area contributed by atoms with E-state index < -0.39 is 0 Å². The molecule has 0 saturated heterocycles. The first-order valence-corrected chi connectivity index (χ1v) is 8.45. The summed E-state index contributed by atoms with van der Waals surface area (Å²) in [4.78, 5) is 16.4. The molecule has 0 fully saturated rings. The van der Waals surface area contributed by atoms with Gasteiger partial charge in [-0.2, -0.15) is 0 Å². The van der Waals surface area contributed by atoms with E-state index in [0.29, 0.717) is 11.7 Å². The number of aromatic nitrogens is 1. The van der Waals surface area contributed by atoms with Crippen molar-refractivity contribution in [1.82, 2.24) is 10.3 Å². The van der Waals surface area contributed by atoms with Gasteiger partial charge in [0.1, 0.15) is 11.5 Å². The van der Waals surface area contributed by atoms with E-state index in [4.69, 9.17) is 4.74 Å². The van der Waals surface area contributed by atoms with Crippen LogP contribution in [0.1, 0.15) is 5.56 Å². The lowest BCUT2D eigenvalue weighted by Gasteiger charge is -2.06. The van der Waals surface area contributed by atoms with Crippen LogP contribution in [0.5, 0.6) is 11.5 Å². The number of phenols is 1. The summed E-state index contributed by atoms with van der Waals surface area (Å²) in [5.74, 6) is 0.951. The summed E-state index contributed by atoms with van der Waals surface area (Å²) in [7, 11) is 1.62. The molecule has 0 aliphatic heterocycles. The number of nitrogens with one attached hydrogen (secondary N) is 2. The van der Waals surface area contributed by atoms with Crippen molar-refractivity contribution >= 4 is 22.5 Å². The standard InChI is InChI=1S/C18H17N3O3S/c1-24-15-7-5-13(6-8-15)16-11-25-18(20-16)21-17(23)19-10-12-3-2-4-14(22)9-12/h2-9,11,22H,10H2,1H3,(H2,19,20,21,23). The van der Waals surface area contributed by atoms with Gasteiger partial charge in [0, 0.05) is 17.5 Å². The van der Waals surface area contributed by atoms with Gasteiger partial charge in [0.2, 0.25) is 0 Å². The first-order valence-electron chi connectivity index (χ1n) is 7.57. The molecule has 0 atom stereocenters. The number of methoxy groups -OCH3 is 1. The molecule has 0 bridgehead atoms. The quantitative estimate of drug-likeness (QED) is 0.649. The number of carbonyl (C=O) groups is 1. The lowest BCUT2D eigenvalue weighted by Crippen LogP contribution is -2.28. The second-order valence-corrected chi connectivity index (χ2v) is 6.10. The van der Waals surface area contributed by atoms with Crippen LogP contribution >= 0.6 is 11.3 Å². The summed E-state index contributed by atoms with van der Waals surface area (Å²) in [5, 5.41) is 17.2. The second-order valence-electron chi connectivity index (χ2n) is 5.24. The number of rotatable bonds is 5. The predicted octanol–water partition coefficient (Wildman–Crippen LogP) is 3.85. The van der Waals surface area contributed by atoms with Gasteiger partial charge in [-0.3, -0.25) is 5.32 Å². The molecule has 128 valence electrons. The number of ether oxygens (including phenoxy) is 1. The van der Waals surface area contributed by atoms with E-state index in [9.17, 15) is 9.90 Å². The Hall–Kier alpha value is -3.06. The van der Waals surface area contributed by atoms with Crippen molar-refractivity contribution in [2.75, 3.05) is 12.4 Å². The Bertz CT molecular complexity index is 862. The molecule has 3 aromatic rings. The van der Waals surface area contributed by atoms with Gasteiger partial charge in [-0.05, 0) is 42.0 Å².